The maximum Gasteiger partial charge on any atom is 0.437 e. The zero-order chi connectivity index (χ0) is 17.9. The van der Waals surface area contributed by atoms with Crippen molar-refractivity contribution in [3.8, 4) is 11.5 Å². The Balaban J connectivity index is 2.03. The van der Waals surface area contributed by atoms with Crippen LogP contribution >= 0.6 is 0 Å². The predicted molar refractivity (Wildman–Crippen MR) is 81.6 cm³/mol. The van der Waals surface area contributed by atoms with E-state index in [1.165, 1.54) is 24.3 Å². The number of carbonyl (C=O) groups excluding carboxylic acids is 2. The fourth-order valence-electron chi connectivity index (χ4n) is 1.65. The molecule has 0 aliphatic carbocycles. The maximum atomic E-state index is 12.9. The third-order valence-corrected chi connectivity index (χ3v) is 3.18. The van der Waals surface area contributed by atoms with E-state index in [0.717, 1.165) is 4.68 Å². The Hall–Kier alpha value is -2.77. The second-order valence-electron chi connectivity index (χ2n) is 6.17. The van der Waals surface area contributed by atoms with Gasteiger partial charge in [-0.3, -0.25) is 9.59 Å². The smallest absolute Gasteiger partial charge is 0.437 e. The molecule has 0 aliphatic rings. The van der Waals surface area contributed by atoms with Crippen molar-refractivity contribution in [2.45, 2.75) is 27.3 Å². The maximum absolute atomic E-state index is 12.9. The molecule has 128 valence electrons. The number of esters is 1. The van der Waals surface area contributed by atoms with E-state index < -0.39 is 29.5 Å². The molecular formula is C16H17FN2O5. The fourth-order valence-corrected chi connectivity index (χ4v) is 1.65. The van der Waals surface area contributed by atoms with Gasteiger partial charge in [-0.05, 0) is 24.3 Å². The largest absolute Gasteiger partial charge is 0.456 e. The highest BCUT2D eigenvalue weighted by molar-refractivity contribution is 5.86. The molecule has 0 atom stereocenters. The van der Waals surface area contributed by atoms with Crippen molar-refractivity contribution < 1.29 is 23.1 Å². The van der Waals surface area contributed by atoms with Crippen molar-refractivity contribution in [1.82, 2.24) is 9.78 Å². The Morgan fingerprint density at radius 3 is 2.46 bits per heavy atom. The zero-order valence-electron chi connectivity index (χ0n) is 13.5. The lowest BCUT2D eigenvalue weighted by molar-refractivity contribution is -0.150. The topological polar surface area (TPSA) is 91.4 Å². The molecule has 0 radical (unpaired) electrons. The van der Waals surface area contributed by atoms with E-state index in [2.05, 4.69) is 5.10 Å². The minimum Gasteiger partial charge on any atom is -0.456 e. The first kappa shape index (κ1) is 17.6. The minimum absolute atomic E-state index is 0.0430. The molecule has 8 heteroatoms. The molecule has 0 fully saturated rings. The van der Waals surface area contributed by atoms with Crippen LogP contribution < -0.4 is 5.76 Å². The minimum atomic E-state index is -0.853. The number of hydrogen-bond acceptors (Lipinski definition) is 6. The van der Waals surface area contributed by atoms with Gasteiger partial charge in [-0.15, -0.1) is 5.10 Å². The van der Waals surface area contributed by atoms with Crippen LogP contribution in [0.15, 0.2) is 33.5 Å². The Kier molecular flexibility index (Phi) is 4.96. The molecule has 1 aromatic carbocycles. The molecule has 0 amide bonds. The van der Waals surface area contributed by atoms with E-state index in [0.29, 0.717) is 5.56 Å². The Bertz CT molecular complexity index is 799. The van der Waals surface area contributed by atoms with Gasteiger partial charge in [0.2, 0.25) is 5.89 Å². The lowest BCUT2D eigenvalue weighted by Gasteiger charge is -2.15. The Morgan fingerprint density at radius 2 is 1.88 bits per heavy atom. The molecule has 1 heterocycles. The number of hydrogen-bond donors (Lipinski definition) is 0. The number of carbonyl (C=O) groups is 2. The van der Waals surface area contributed by atoms with Crippen LogP contribution in [-0.4, -0.2) is 28.1 Å². The van der Waals surface area contributed by atoms with Gasteiger partial charge in [0.1, 0.15) is 12.4 Å². The number of benzene rings is 1. The van der Waals surface area contributed by atoms with Gasteiger partial charge in [0, 0.05) is 11.0 Å². The van der Waals surface area contributed by atoms with Crippen LogP contribution in [-0.2, 0) is 20.9 Å². The normalized spacial score (nSPS) is 11.3. The summed E-state index contributed by atoms with van der Waals surface area (Å²) < 4.78 is 23.4. The van der Waals surface area contributed by atoms with E-state index in [1.807, 2.05) is 0 Å². The average molecular weight is 336 g/mol. The summed E-state index contributed by atoms with van der Waals surface area (Å²) in [6, 6.07) is 5.18. The molecule has 0 saturated heterocycles. The molecular weight excluding hydrogens is 319 g/mol. The number of nitrogens with zero attached hydrogens (tertiary/aromatic N) is 2. The lowest BCUT2D eigenvalue weighted by Crippen LogP contribution is -2.29. The van der Waals surface area contributed by atoms with Crippen LogP contribution in [0, 0.1) is 11.2 Å². The van der Waals surface area contributed by atoms with Gasteiger partial charge in [0.05, 0.1) is 0 Å². The molecule has 0 N–H and O–H groups in total. The first-order chi connectivity index (χ1) is 11.2. The van der Waals surface area contributed by atoms with E-state index >= 15 is 0 Å². The molecule has 0 bridgehead atoms. The summed E-state index contributed by atoms with van der Waals surface area (Å²) in [7, 11) is 0. The van der Waals surface area contributed by atoms with Gasteiger partial charge in [-0.1, -0.05) is 20.8 Å². The van der Waals surface area contributed by atoms with Crippen LogP contribution in [0.1, 0.15) is 20.8 Å². The highest BCUT2D eigenvalue weighted by Gasteiger charge is 2.23. The zero-order valence-corrected chi connectivity index (χ0v) is 13.5. The predicted octanol–water partition coefficient (Wildman–Crippen LogP) is 1.80. The molecule has 0 unspecified atom stereocenters. The number of rotatable bonds is 5. The molecule has 2 aromatic rings. The van der Waals surface area contributed by atoms with Gasteiger partial charge >= 0.3 is 11.7 Å². The molecule has 0 aliphatic heterocycles. The molecule has 2 rings (SSSR count). The first-order valence-electron chi connectivity index (χ1n) is 7.19. The summed E-state index contributed by atoms with van der Waals surface area (Å²) in [5.74, 6) is -2.36. The summed E-state index contributed by atoms with van der Waals surface area (Å²) in [6.07, 6.45) is 0. The molecule has 1 aromatic heterocycles. The van der Waals surface area contributed by atoms with Crippen LogP contribution in [0.3, 0.4) is 0 Å². The van der Waals surface area contributed by atoms with E-state index in [9.17, 15) is 18.8 Å². The van der Waals surface area contributed by atoms with Gasteiger partial charge in [0.25, 0.3) is 0 Å². The number of ether oxygens (including phenoxy) is 1. The molecule has 0 spiro atoms. The Labute approximate surface area is 137 Å². The second-order valence-corrected chi connectivity index (χ2v) is 6.17. The quantitative estimate of drug-likeness (QED) is 0.773. The summed E-state index contributed by atoms with van der Waals surface area (Å²) >= 11 is 0. The van der Waals surface area contributed by atoms with Crippen LogP contribution in [0.4, 0.5) is 4.39 Å². The summed E-state index contributed by atoms with van der Waals surface area (Å²) in [5.41, 5.74) is -0.232. The van der Waals surface area contributed by atoms with Crippen LogP contribution in [0.25, 0.3) is 11.5 Å². The van der Waals surface area contributed by atoms with E-state index in [4.69, 9.17) is 9.15 Å². The Morgan fingerprint density at radius 1 is 1.25 bits per heavy atom. The van der Waals surface area contributed by atoms with Crippen molar-refractivity contribution in [2.24, 2.45) is 5.41 Å². The van der Waals surface area contributed by atoms with E-state index in [1.54, 1.807) is 20.8 Å². The summed E-state index contributed by atoms with van der Waals surface area (Å²) in [4.78, 5) is 35.1. The van der Waals surface area contributed by atoms with Crippen molar-refractivity contribution >= 4 is 11.8 Å². The van der Waals surface area contributed by atoms with Gasteiger partial charge in [0.15, 0.2) is 12.4 Å². The molecule has 24 heavy (non-hydrogen) atoms. The highest BCUT2D eigenvalue weighted by Crippen LogP contribution is 2.16. The lowest BCUT2D eigenvalue weighted by atomic mass is 9.91. The van der Waals surface area contributed by atoms with Crippen LogP contribution in [0.5, 0.6) is 0 Å². The SMILES string of the molecule is CC(C)(C)C(=O)COC(=O)Cn1nc(-c2ccc(F)cc2)oc1=O. The van der Waals surface area contributed by atoms with Crippen molar-refractivity contribution in [3.63, 3.8) is 0 Å². The number of Topliss-reactive ketones (excluding diaryl/α,β-unsaturated/α-hetero) is 1. The number of aromatic nitrogens is 2. The second kappa shape index (κ2) is 6.77. The van der Waals surface area contributed by atoms with Gasteiger partial charge < -0.3 is 9.15 Å². The third-order valence-electron chi connectivity index (χ3n) is 3.18. The third kappa shape index (κ3) is 4.37. The van der Waals surface area contributed by atoms with Crippen molar-refractivity contribution in [1.29, 1.82) is 0 Å². The average Bonchev–Trinajstić information content (AvgIpc) is 2.85. The summed E-state index contributed by atoms with van der Waals surface area (Å²) in [6.45, 7) is 4.27. The van der Waals surface area contributed by atoms with Gasteiger partial charge in [-0.2, -0.15) is 4.68 Å². The number of ketones is 1. The molecule has 7 nitrogen and oxygen atoms in total. The van der Waals surface area contributed by atoms with Crippen LogP contribution in [0.2, 0.25) is 0 Å². The first-order valence-corrected chi connectivity index (χ1v) is 7.19. The van der Waals surface area contributed by atoms with Gasteiger partial charge in [-0.25, -0.2) is 9.18 Å². The summed E-state index contributed by atoms with van der Waals surface area (Å²) in [5, 5.41) is 3.85. The monoisotopic (exact) mass is 336 g/mol. The molecule has 0 saturated carbocycles. The fraction of sp³-hybridized carbons (Fsp3) is 0.375. The van der Waals surface area contributed by atoms with Crippen molar-refractivity contribution in [3.05, 3.63) is 40.6 Å². The highest BCUT2D eigenvalue weighted by atomic mass is 19.1. The standard InChI is InChI=1S/C16H17FN2O5/c1-16(2,3)12(20)9-23-13(21)8-19-15(22)24-14(18-19)10-4-6-11(17)7-5-10/h4-7H,8-9H2,1-3H3. The van der Waals surface area contributed by atoms with E-state index in [-0.39, 0.29) is 18.3 Å². The van der Waals surface area contributed by atoms with Crippen molar-refractivity contribution in [2.75, 3.05) is 6.61 Å². The number of halogens is 1.